The van der Waals surface area contributed by atoms with Gasteiger partial charge in [0.05, 0.1) is 23.8 Å². The molecule has 1 fully saturated rings. The normalized spacial score (nSPS) is 15.5. The standard InChI is InChI=1S/C27H28N6O2S/c1-18-24(35-21-7-3-2-4-8-21)10-9-22(25(18)33-13-5-6-19(14-28)16-33)31-26(34)23-17-36-27(32-23)20-11-12-29-30-15-20/h2-4,7-12,15,17,19H,5-6,13-14,16,28H2,1H3,(H,31,34)/t19-/m0/s1. The molecule has 3 N–H and O–H groups in total. The summed E-state index contributed by atoms with van der Waals surface area (Å²) in [7, 11) is 0. The van der Waals surface area contributed by atoms with Crippen molar-refractivity contribution in [3.63, 3.8) is 0 Å². The molecule has 0 spiro atoms. The van der Waals surface area contributed by atoms with Gasteiger partial charge in [0.15, 0.2) is 0 Å². The minimum absolute atomic E-state index is 0.260. The first-order valence-corrected chi connectivity index (χ1v) is 12.9. The lowest BCUT2D eigenvalue weighted by atomic mass is 9.96. The molecule has 0 radical (unpaired) electrons. The maximum Gasteiger partial charge on any atom is 0.275 e. The highest BCUT2D eigenvalue weighted by atomic mass is 32.1. The van der Waals surface area contributed by atoms with Crippen LogP contribution in [0, 0.1) is 12.8 Å². The monoisotopic (exact) mass is 500 g/mol. The largest absolute Gasteiger partial charge is 0.457 e. The summed E-state index contributed by atoms with van der Waals surface area (Å²) in [6, 6.07) is 15.3. The fraction of sp³-hybridized carbons (Fsp3) is 0.259. The van der Waals surface area contributed by atoms with E-state index in [0.29, 0.717) is 18.2 Å². The van der Waals surface area contributed by atoms with Gasteiger partial charge in [-0.2, -0.15) is 10.2 Å². The number of thiazole rings is 1. The fourth-order valence-corrected chi connectivity index (χ4v) is 5.28. The second-order valence-electron chi connectivity index (χ2n) is 8.81. The Bertz CT molecular complexity index is 1330. The molecule has 1 amide bonds. The Kier molecular flexibility index (Phi) is 7.20. The minimum atomic E-state index is -0.260. The number of benzene rings is 2. The molecule has 3 heterocycles. The van der Waals surface area contributed by atoms with Gasteiger partial charge in [0.1, 0.15) is 22.2 Å². The van der Waals surface area contributed by atoms with Crippen molar-refractivity contribution in [2.75, 3.05) is 29.9 Å². The summed E-state index contributed by atoms with van der Waals surface area (Å²) in [5, 5.41) is 13.3. The fourth-order valence-electron chi connectivity index (χ4n) is 4.49. The van der Waals surface area contributed by atoms with Crippen molar-refractivity contribution in [3.05, 3.63) is 77.6 Å². The van der Waals surface area contributed by atoms with Crippen LogP contribution in [0.2, 0.25) is 0 Å². The van der Waals surface area contributed by atoms with Gasteiger partial charge in [-0.25, -0.2) is 4.98 Å². The highest BCUT2D eigenvalue weighted by molar-refractivity contribution is 7.13. The van der Waals surface area contributed by atoms with Crippen molar-refractivity contribution in [2.45, 2.75) is 19.8 Å². The molecule has 36 heavy (non-hydrogen) atoms. The lowest BCUT2D eigenvalue weighted by Crippen LogP contribution is -2.39. The Hall–Kier alpha value is -3.82. The van der Waals surface area contributed by atoms with Gasteiger partial charge in [-0.1, -0.05) is 18.2 Å². The third-order valence-corrected chi connectivity index (χ3v) is 7.23. The highest BCUT2D eigenvalue weighted by Crippen LogP contribution is 2.40. The van der Waals surface area contributed by atoms with E-state index in [4.69, 9.17) is 10.5 Å². The second kappa shape index (κ2) is 10.8. The van der Waals surface area contributed by atoms with Crippen LogP contribution < -0.4 is 20.7 Å². The SMILES string of the molecule is Cc1c(Oc2ccccc2)ccc(NC(=O)c2csc(-c3ccnnc3)n2)c1N1CCC[C@@H](CN)C1. The maximum absolute atomic E-state index is 13.2. The molecule has 5 rings (SSSR count). The first-order chi connectivity index (χ1) is 17.6. The molecule has 9 heteroatoms. The number of aromatic nitrogens is 3. The zero-order valence-electron chi connectivity index (χ0n) is 20.1. The van der Waals surface area contributed by atoms with Crippen molar-refractivity contribution < 1.29 is 9.53 Å². The maximum atomic E-state index is 13.2. The molecule has 2 aromatic heterocycles. The van der Waals surface area contributed by atoms with Crippen molar-refractivity contribution in [1.82, 2.24) is 15.2 Å². The average Bonchev–Trinajstić information content (AvgIpc) is 3.42. The number of nitrogens with two attached hydrogens (primary N) is 1. The number of hydrogen-bond acceptors (Lipinski definition) is 8. The Labute approximate surface area is 214 Å². The number of amides is 1. The molecule has 1 aliphatic rings. The molecule has 0 aliphatic carbocycles. The van der Waals surface area contributed by atoms with E-state index in [9.17, 15) is 4.79 Å². The van der Waals surface area contributed by atoms with Crippen LogP contribution in [0.3, 0.4) is 0 Å². The minimum Gasteiger partial charge on any atom is -0.457 e. The Morgan fingerprint density at radius 2 is 2.06 bits per heavy atom. The van der Waals surface area contributed by atoms with E-state index >= 15 is 0 Å². The Morgan fingerprint density at radius 3 is 2.83 bits per heavy atom. The number of carbonyl (C=O) groups excluding carboxylic acids is 1. The van der Waals surface area contributed by atoms with Crippen LogP contribution in [-0.2, 0) is 0 Å². The summed E-state index contributed by atoms with van der Waals surface area (Å²) >= 11 is 1.40. The van der Waals surface area contributed by atoms with Crippen LogP contribution in [0.1, 0.15) is 28.9 Å². The Morgan fingerprint density at radius 1 is 1.19 bits per heavy atom. The van der Waals surface area contributed by atoms with Crippen molar-refractivity contribution in [3.8, 4) is 22.1 Å². The molecule has 2 aromatic carbocycles. The molecule has 184 valence electrons. The van der Waals surface area contributed by atoms with E-state index in [1.165, 1.54) is 11.3 Å². The Balaban J connectivity index is 1.45. The van der Waals surface area contributed by atoms with E-state index in [0.717, 1.165) is 64.9 Å². The van der Waals surface area contributed by atoms with Crippen LogP contribution >= 0.6 is 11.3 Å². The van der Waals surface area contributed by atoms with E-state index in [1.807, 2.05) is 55.5 Å². The smallest absolute Gasteiger partial charge is 0.275 e. The zero-order valence-corrected chi connectivity index (χ0v) is 20.9. The molecule has 8 nitrogen and oxygen atoms in total. The van der Waals surface area contributed by atoms with Crippen molar-refractivity contribution >= 4 is 28.6 Å². The average molecular weight is 501 g/mol. The summed E-state index contributed by atoms with van der Waals surface area (Å²) < 4.78 is 6.20. The van der Waals surface area contributed by atoms with Crippen LogP contribution in [0.5, 0.6) is 11.5 Å². The molecule has 0 bridgehead atoms. The van der Waals surface area contributed by atoms with E-state index in [1.54, 1.807) is 17.8 Å². The topological polar surface area (TPSA) is 106 Å². The number of rotatable bonds is 7. The third kappa shape index (κ3) is 5.22. The first-order valence-electron chi connectivity index (χ1n) is 12.0. The van der Waals surface area contributed by atoms with E-state index < -0.39 is 0 Å². The number of piperidine rings is 1. The summed E-state index contributed by atoms with van der Waals surface area (Å²) in [4.78, 5) is 20.1. The number of hydrogen-bond donors (Lipinski definition) is 2. The van der Waals surface area contributed by atoms with Crippen LogP contribution in [0.15, 0.2) is 66.3 Å². The summed E-state index contributed by atoms with van der Waals surface area (Å²) in [6.07, 6.45) is 5.41. The number of ether oxygens (including phenoxy) is 1. The second-order valence-corrected chi connectivity index (χ2v) is 9.67. The molecule has 0 saturated carbocycles. The summed E-state index contributed by atoms with van der Waals surface area (Å²) in [5.74, 6) is 1.67. The number of para-hydroxylation sites is 1. The summed E-state index contributed by atoms with van der Waals surface area (Å²) in [5.41, 5.74) is 9.87. The van der Waals surface area contributed by atoms with Gasteiger partial charge in [-0.15, -0.1) is 11.3 Å². The van der Waals surface area contributed by atoms with Gasteiger partial charge in [-0.05, 0) is 62.6 Å². The van der Waals surface area contributed by atoms with Gasteiger partial charge in [-0.3, -0.25) is 4.79 Å². The predicted octanol–water partition coefficient (Wildman–Crippen LogP) is 5.13. The molecule has 4 aromatic rings. The first kappa shape index (κ1) is 23.9. The quantitative estimate of drug-likeness (QED) is 0.362. The van der Waals surface area contributed by atoms with E-state index in [-0.39, 0.29) is 5.91 Å². The predicted molar refractivity (Wildman–Crippen MR) is 143 cm³/mol. The lowest BCUT2D eigenvalue weighted by Gasteiger charge is -2.36. The van der Waals surface area contributed by atoms with Gasteiger partial charge in [0.2, 0.25) is 0 Å². The number of carbonyl (C=O) groups is 1. The van der Waals surface area contributed by atoms with Gasteiger partial charge in [0, 0.05) is 29.6 Å². The van der Waals surface area contributed by atoms with Gasteiger partial charge < -0.3 is 20.7 Å². The zero-order chi connectivity index (χ0) is 24.9. The van der Waals surface area contributed by atoms with Gasteiger partial charge in [0.25, 0.3) is 5.91 Å². The van der Waals surface area contributed by atoms with Crippen molar-refractivity contribution in [1.29, 1.82) is 0 Å². The molecule has 1 saturated heterocycles. The highest BCUT2D eigenvalue weighted by Gasteiger charge is 2.25. The summed E-state index contributed by atoms with van der Waals surface area (Å²) in [6.45, 7) is 4.41. The van der Waals surface area contributed by atoms with Crippen LogP contribution in [0.25, 0.3) is 10.6 Å². The van der Waals surface area contributed by atoms with Crippen LogP contribution in [0.4, 0.5) is 11.4 Å². The molecule has 1 atom stereocenters. The van der Waals surface area contributed by atoms with Crippen molar-refractivity contribution in [2.24, 2.45) is 11.7 Å². The van der Waals surface area contributed by atoms with Gasteiger partial charge >= 0.3 is 0 Å². The number of nitrogens with zero attached hydrogens (tertiary/aromatic N) is 4. The molecule has 1 aliphatic heterocycles. The molecular weight excluding hydrogens is 472 g/mol. The molecular formula is C27H28N6O2S. The lowest BCUT2D eigenvalue weighted by molar-refractivity contribution is 0.102. The van der Waals surface area contributed by atoms with E-state index in [2.05, 4.69) is 25.4 Å². The van der Waals surface area contributed by atoms with Crippen LogP contribution in [-0.4, -0.2) is 40.7 Å². The molecule has 0 unspecified atom stereocenters. The third-order valence-electron chi connectivity index (χ3n) is 6.34. The number of nitrogens with one attached hydrogen (secondary N) is 1. The number of anilines is 2.